The monoisotopic (exact) mass is 102 g/mol. The molecule has 1 heterocycles. The summed E-state index contributed by atoms with van der Waals surface area (Å²) in [5, 5.41) is 2.48. The van der Waals surface area contributed by atoms with Crippen LogP contribution in [0.25, 0.3) is 0 Å². The van der Waals surface area contributed by atoms with Gasteiger partial charge in [0.1, 0.15) is 0 Å². The van der Waals surface area contributed by atoms with Crippen LogP contribution in [0.3, 0.4) is 0 Å². The topological polar surface area (TPSA) is 38.9 Å². The van der Waals surface area contributed by atoms with Crippen molar-refractivity contribution in [2.45, 2.75) is 0 Å². The summed E-state index contributed by atoms with van der Waals surface area (Å²) in [6.45, 7) is 0. The van der Waals surface area contributed by atoms with Gasteiger partial charge in [-0.3, -0.25) is 0 Å². The second-order valence-electron chi connectivity index (χ2n) is 0.870. The first-order valence-electron chi connectivity index (χ1n) is 1.54. The highest BCUT2D eigenvalue weighted by Crippen LogP contribution is 2.02. The van der Waals surface area contributed by atoms with Crippen LogP contribution in [0.1, 0.15) is 1.43 Å². The number of nitrogens with two attached hydrogens (primary N) is 1. The molecule has 0 saturated heterocycles. The number of anilines is 1. The van der Waals surface area contributed by atoms with Gasteiger partial charge in [0.2, 0.25) is 0 Å². The SMILES string of the molecule is Nc1nccs1.[HH]. The van der Waals surface area contributed by atoms with Crippen LogP contribution in [-0.2, 0) is 0 Å². The van der Waals surface area contributed by atoms with Gasteiger partial charge in [-0.25, -0.2) is 4.98 Å². The van der Waals surface area contributed by atoms with Crippen molar-refractivity contribution in [2.24, 2.45) is 0 Å². The van der Waals surface area contributed by atoms with Crippen LogP contribution in [0.5, 0.6) is 0 Å². The van der Waals surface area contributed by atoms with Gasteiger partial charge in [-0.05, 0) is 0 Å². The first-order valence-corrected chi connectivity index (χ1v) is 2.42. The largest absolute Gasteiger partial charge is 0.375 e. The molecule has 0 amide bonds. The van der Waals surface area contributed by atoms with Crippen LogP contribution in [-0.4, -0.2) is 4.98 Å². The maximum atomic E-state index is 5.19. The van der Waals surface area contributed by atoms with Gasteiger partial charge in [0.25, 0.3) is 0 Å². The molecule has 0 aliphatic carbocycles. The summed E-state index contributed by atoms with van der Waals surface area (Å²) in [6, 6.07) is 0. The van der Waals surface area contributed by atoms with Crippen LogP contribution in [0.15, 0.2) is 11.6 Å². The normalized spacial score (nSPS) is 8.67. The third kappa shape index (κ3) is 0.490. The van der Waals surface area contributed by atoms with Gasteiger partial charge >= 0.3 is 0 Å². The van der Waals surface area contributed by atoms with Crippen LogP contribution in [0.4, 0.5) is 5.13 Å². The average Bonchev–Trinajstić information content (AvgIpc) is 1.86. The van der Waals surface area contributed by atoms with Gasteiger partial charge in [0, 0.05) is 13.0 Å². The van der Waals surface area contributed by atoms with Crippen molar-refractivity contribution in [2.75, 3.05) is 5.73 Å². The van der Waals surface area contributed by atoms with Gasteiger partial charge in [0.15, 0.2) is 5.13 Å². The zero-order valence-corrected chi connectivity index (χ0v) is 3.90. The Hall–Kier alpha value is -0.570. The molecular weight excluding hydrogens is 96.1 g/mol. The van der Waals surface area contributed by atoms with Crippen LogP contribution in [0, 0.1) is 0 Å². The molecule has 0 unspecified atom stereocenters. The Morgan fingerprint density at radius 1 is 2.00 bits per heavy atom. The van der Waals surface area contributed by atoms with Crippen LogP contribution < -0.4 is 5.73 Å². The molecule has 0 aliphatic heterocycles. The van der Waals surface area contributed by atoms with Crippen molar-refractivity contribution < 1.29 is 1.43 Å². The highest BCUT2D eigenvalue weighted by molar-refractivity contribution is 7.13. The molecular formula is C3H6N2S. The fraction of sp³-hybridized carbons (Fsp3) is 0. The van der Waals surface area contributed by atoms with E-state index in [9.17, 15) is 0 Å². The van der Waals surface area contributed by atoms with Gasteiger partial charge in [-0.1, -0.05) is 0 Å². The summed E-state index contributed by atoms with van der Waals surface area (Å²) in [4.78, 5) is 3.71. The highest BCUT2D eigenvalue weighted by Gasteiger charge is 1.76. The second kappa shape index (κ2) is 1.26. The molecule has 0 saturated carbocycles. The van der Waals surface area contributed by atoms with Crippen molar-refractivity contribution >= 4 is 16.5 Å². The third-order valence-corrected chi connectivity index (χ3v) is 1.06. The van der Waals surface area contributed by atoms with Crippen molar-refractivity contribution in [3.8, 4) is 0 Å². The minimum atomic E-state index is 0. The van der Waals surface area contributed by atoms with Gasteiger partial charge < -0.3 is 5.73 Å². The Morgan fingerprint density at radius 2 is 2.83 bits per heavy atom. The van der Waals surface area contributed by atoms with Crippen LogP contribution in [0.2, 0.25) is 0 Å². The molecule has 1 rings (SSSR count). The molecule has 0 radical (unpaired) electrons. The van der Waals surface area contributed by atoms with Crippen molar-refractivity contribution in [3.63, 3.8) is 0 Å². The smallest absolute Gasteiger partial charge is 0.179 e. The molecule has 0 fully saturated rings. The zero-order valence-electron chi connectivity index (χ0n) is 3.09. The third-order valence-electron chi connectivity index (χ3n) is 0.451. The van der Waals surface area contributed by atoms with E-state index in [4.69, 9.17) is 5.73 Å². The molecule has 6 heavy (non-hydrogen) atoms. The summed E-state index contributed by atoms with van der Waals surface area (Å²) < 4.78 is 0. The van der Waals surface area contributed by atoms with E-state index in [2.05, 4.69) is 4.98 Å². The fourth-order valence-electron chi connectivity index (χ4n) is 0.234. The van der Waals surface area contributed by atoms with E-state index >= 15 is 0 Å². The van der Waals surface area contributed by atoms with E-state index in [-0.39, 0.29) is 1.43 Å². The van der Waals surface area contributed by atoms with Crippen molar-refractivity contribution in [1.29, 1.82) is 0 Å². The number of nitrogen functional groups attached to an aromatic ring is 1. The lowest BCUT2D eigenvalue weighted by molar-refractivity contribution is 1.43. The predicted octanol–water partition coefficient (Wildman–Crippen LogP) is 0.971. The van der Waals surface area contributed by atoms with E-state index in [1.54, 1.807) is 6.20 Å². The molecule has 0 aliphatic rings. The minimum Gasteiger partial charge on any atom is -0.375 e. The summed E-state index contributed by atoms with van der Waals surface area (Å²) in [6.07, 6.45) is 1.68. The second-order valence-corrected chi connectivity index (χ2v) is 1.80. The molecule has 3 heteroatoms. The van der Waals surface area contributed by atoms with E-state index in [0.717, 1.165) is 0 Å². The standard InChI is InChI=1S/C3H4N2S.H2/c4-3-5-1-2-6-3;/h1-2H,(H2,4,5);1H. The maximum absolute atomic E-state index is 5.19. The number of nitrogens with zero attached hydrogens (tertiary/aromatic N) is 1. The van der Waals surface area contributed by atoms with Crippen molar-refractivity contribution in [1.82, 2.24) is 4.98 Å². The fourth-order valence-corrected chi connectivity index (χ4v) is 0.617. The molecule has 34 valence electrons. The summed E-state index contributed by atoms with van der Waals surface area (Å²) in [5.41, 5.74) is 5.19. The van der Waals surface area contributed by atoms with Crippen LogP contribution >= 0.6 is 11.3 Å². The van der Waals surface area contributed by atoms with Gasteiger partial charge in [-0.2, -0.15) is 0 Å². The molecule has 0 aromatic carbocycles. The first-order chi connectivity index (χ1) is 2.89. The summed E-state index contributed by atoms with van der Waals surface area (Å²) in [7, 11) is 0. The molecule has 1 aromatic rings. The lowest BCUT2D eigenvalue weighted by atomic mass is 11.0. The Labute approximate surface area is 41.1 Å². The Bertz CT molecular complexity index is 116. The lowest BCUT2D eigenvalue weighted by Crippen LogP contribution is -1.77. The zero-order chi connectivity index (χ0) is 4.41. The minimum absolute atomic E-state index is 0. The average molecular weight is 102 g/mol. The molecule has 0 bridgehead atoms. The molecule has 0 atom stereocenters. The summed E-state index contributed by atoms with van der Waals surface area (Å²) >= 11 is 1.44. The number of aromatic nitrogens is 1. The first kappa shape index (κ1) is 3.61. The van der Waals surface area contributed by atoms with E-state index in [0.29, 0.717) is 5.13 Å². The van der Waals surface area contributed by atoms with Crippen molar-refractivity contribution in [3.05, 3.63) is 11.6 Å². The number of hydrogen-bond donors (Lipinski definition) is 1. The number of rotatable bonds is 0. The van der Waals surface area contributed by atoms with E-state index in [1.165, 1.54) is 11.3 Å². The predicted molar refractivity (Wildman–Crippen MR) is 28.6 cm³/mol. The maximum Gasteiger partial charge on any atom is 0.179 e. The summed E-state index contributed by atoms with van der Waals surface area (Å²) in [5.74, 6) is 0. The van der Waals surface area contributed by atoms with Gasteiger partial charge in [0.05, 0.1) is 0 Å². The number of thiazole rings is 1. The Kier molecular flexibility index (Phi) is 0.759. The quantitative estimate of drug-likeness (QED) is 0.530. The molecule has 2 nitrogen and oxygen atoms in total. The van der Waals surface area contributed by atoms with E-state index in [1.807, 2.05) is 5.38 Å². The lowest BCUT2D eigenvalue weighted by Gasteiger charge is -1.67. The number of hydrogen-bond acceptors (Lipinski definition) is 3. The molecule has 0 spiro atoms. The molecule has 1 aromatic heterocycles. The van der Waals surface area contributed by atoms with Gasteiger partial charge in [-0.15, -0.1) is 11.3 Å². The highest BCUT2D eigenvalue weighted by atomic mass is 32.1. The Morgan fingerprint density at radius 3 is 3.00 bits per heavy atom. The van der Waals surface area contributed by atoms with E-state index < -0.39 is 0 Å². The Balaban J connectivity index is 0.000000360. The molecule has 2 N–H and O–H groups in total.